The molecular weight excluding hydrogens is 274 g/mol. The third kappa shape index (κ3) is 3.27. The summed E-state index contributed by atoms with van der Waals surface area (Å²) in [6, 6.07) is 5.63. The van der Waals surface area contributed by atoms with Gasteiger partial charge in [-0.1, -0.05) is 17.7 Å². The van der Waals surface area contributed by atoms with E-state index in [-0.39, 0.29) is 5.91 Å². The van der Waals surface area contributed by atoms with E-state index in [9.17, 15) is 4.79 Å². The highest BCUT2D eigenvalue weighted by atomic mass is 35.5. The molecule has 0 spiro atoms. The van der Waals surface area contributed by atoms with E-state index in [2.05, 4.69) is 10.4 Å². The van der Waals surface area contributed by atoms with E-state index in [1.165, 1.54) is 6.08 Å². The van der Waals surface area contributed by atoms with E-state index in [4.69, 9.17) is 11.6 Å². The topological polar surface area (TPSA) is 46.9 Å². The van der Waals surface area contributed by atoms with Gasteiger partial charge < -0.3 is 5.32 Å². The summed E-state index contributed by atoms with van der Waals surface area (Å²) < 4.78 is 1.69. The van der Waals surface area contributed by atoms with Gasteiger partial charge in [0.05, 0.1) is 16.4 Å². The fourth-order valence-corrected chi connectivity index (χ4v) is 2.32. The molecule has 0 aliphatic rings. The van der Waals surface area contributed by atoms with Gasteiger partial charge in [0.15, 0.2) is 0 Å². The molecule has 0 saturated heterocycles. The number of halogens is 1. The fourth-order valence-electron chi connectivity index (χ4n) is 1.95. The van der Waals surface area contributed by atoms with Gasteiger partial charge >= 0.3 is 0 Å². The van der Waals surface area contributed by atoms with Gasteiger partial charge in [-0.25, -0.2) is 0 Å². The first kappa shape index (κ1) is 14.3. The van der Waals surface area contributed by atoms with Crippen LogP contribution < -0.4 is 5.32 Å². The van der Waals surface area contributed by atoms with Crippen LogP contribution in [-0.4, -0.2) is 15.7 Å². The van der Waals surface area contributed by atoms with E-state index in [1.54, 1.807) is 17.0 Å². The number of rotatable bonds is 3. The smallest absolute Gasteiger partial charge is 0.248 e. The summed E-state index contributed by atoms with van der Waals surface area (Å²) in [5.41, 5.74) is 3.51. The molecule has 0 aliphatic heterocycles. The number of carbonyl (C=O) groups excluding carboxylic acids is 1. The SMILES string of the molecule is Cc1cc(C)c(NC(=O)C=Cc2ccnn2C)c(Cl)c1. The molecular formula is C15H16ClN3O. The first-order valence-corrected chi connectivity index (χ1v) is 6.59. The summed E-state index contributed by atoms with van der Waals surface area (Å²) in [7, 11) is 1.82. The van der Waals surface area contributed by atoms with E-state index in [0.717, 1.165) is 16.8 Å². The van der Waals surface area contributed by atoms with Crippen molar-refractivity contribution in [3.63, 3.8) is 0 Å². The maximum atomic E-state index is 11.9. The second kappa shape index (κ2) is 5.92. The first-order chi connectivity index (χ1) is 9.47. The highest BCUT2D eigenvalue weighted by Gasteiger charge is 2.07. The highest BCUT2D eigenvalue weighted by Crippen LogP contribution is 2.27. The number of benzene rings is 1. The molecule has 4 nitrogen and oxygen atoms in total. The molecule has 104 valence electrons. The number of amides is 1. The average molecular weight is 290 g/mol. The summed E-state index contributed by atoms with van der Waals surface area (Å²) in [6.45, 7) is 3.88. The lowest BCUT2D eigenvalue weighted by atomic mass is 10.1. The van der Waals surface area contributed by atoms with Crippen LogP contribution in [0, 0.1) is 13.8 Å². The quantitative estimate of drug-likeness (QED) is 0.881. The Bertz CT molecular complexity index is 651. The van der Waals surface area contributed by atoms with E-state index < -0.39 is 0 Å². The Morgan fingerprint density at radius 3 is 2.75 bits per heavy atom. The molecule has 5 heteroatoms. The maximum Gasteiger partial charge on any atom is 0.248 e. The monoisotopic (exact) mass is 289 g/mol. The van der Waals surface area contributed by atoms with Gasteiger partial charge in [-0.3, -0.25) is 9.48 Å². The molecule has 0 radical (unpaired) electrons. The number of anilines is 1. The molecule has 0 fully saturated rings. The van der Waals surface area contributed by atoms with Crippen LogP contribution in [-0.2, 0) is 11.8 Å². The minimum atomic E-state index is -0.222. The van der Waals surface area contributed by atoms with Crippen molar-refractivity contribution < 1.29 is 4.79 Å². The predicted octanol–water partition coefficient (Wildman–Crippen LogP) is 3.34. The molecule has 0 saturated carbocycles. The largest absolute Gasteiger partial charge is 0.321 e. The summed E-state index contributed by atoms with van der Waals surface area (Å²) in [6.07, 6.45) is 4.85. The molecule has 1 N–H and O–H groups in total. The van der Waals surface area contributed by atoms with Crippen molar-refractivity contribution in [2.45, 2.75) is 13.8 Å². The lowest BCUT2D eigenvalue weighted by molar-refractivity contribution is -0.111. The van der Waals surface area contributed by atoms with Crippen LogP contribution in [0.2, 0.25) is 5.02 Å². The zero-order valence-corrected chi connectivity index (χ0v) is 12.4. The van der Waals surface area contributed by atoms with Crippen molar-refractivity contribution in [3.8, 4) is 0 Å². The van der Waals surface area contributed by atoms with Crippen LogP contribution in [0.4, 0.5) is 5.69 Å². The van der Waals surface area contributed by atoms with Crippen LogP contribution in [0.15, 0.2) is 30.5 Å². The number of carbonyl (C=O) groups is 1. The average Bonchev–Trinajstić information content (AvgIpc) is 2.77. The van der Waals surface area contributed by atoms with Crippen molar-refractivity contribution in [2.75, 3.05) is 5.32 Å². The standard InChI is InChI=1S/C15H16ClN3O/c1-10-8-11(2)15(13(16)9-10)18-14(20)5-4-12-6-7-17-19(12)3/h4-9H,1-3H3,(H,18,20). The molecule has 0 bridgehead atoms. The molecule has 1 aromatic heterocycles. The number of hydrogen-bond acceptors (Lipinski definition) is 2. The number of nitrogens with zero attached hydrogens (tertiary/aromatic N) is 2. The second-order valence-corrected chi connectivity index (χ2v) is 5.05. The summed E-state index contributed by atoms with van der Waals surface area (Å²) in [4.78, 5) is 11.9. The zero-order valence-electron chi connectivity index (χ0n) is 11.6. The zero-order chi connectivity index (χ0) is 14.7. The van der Waals surface area contributed by atoms with E-state index in [1.807, 2.05) is 39.1 Å². The van der Waals surface area contributed by atoms with Crippen LogP contribution in [0.5, 0.6) is 0 Å². The van der Waals surface area contributed by atoms with Gasteiger partial charge in [-0.05, 0) is 43.2 Å². The highest BCUT2D eigenvalue weighted by molar-refractivity contribution is 6.34. The molecule has 1 amide bonds. The van der Waals surface area contributed by atoms with Gasteiger partial charge in [0.2, 0.25) is 5.91 Å². The molecule has 2 aromatic rings. The van der Waals surface area contributed by atoms with Crippen LogP contribution in [0.25, 0.3) is 6.08 Å². The Hall–Kier alpha value is -2.07. The van der Waals surface area contributed by atoms with Gasteiger partial charge in [-0.2, -0.15) is 5.10 Å². The van der Waals surface area contributed by atoms with E-state index >= 15 is 0 Å². The second-order valence-electron chi connectivity index (χ2n) is 4.64. The van der Waals surface area contributed by atoms with Crippen LogP contribution in [0.3, 0.4) is 0 Å². The third-order valence-electron chi connectivity index (χ3n) is 2.94. The van der Waals surface area contributed by atoms with Crippen molar-refractivity contribution in [2.24, 2.45) is 7.05 Å². The van der Waals surface area contributed by atoms with Crippen molar-refractivity contribution in [3.05, 3.63) is 52.3 Å². The Balaban J connectivity index is 2.13. The summed E-state index contributed by atoms with van der Waals surface area (Å²) in [5, 5.41) is 7.38. The molecule has 2 rings (SSSR count). The molecule has 0 aliphatic carbocycles. The van der Waals surface area contributed by atoms with Gasteiger partial charge in [-0.15, -0.1) is 0 Å². The molecule has 0 unspecified atom stereocenters. The Kier molecular flexibility index (Phi) is 4.25. The number of hydrogen-bond donors (Lipinski definition) is 1. The molecule has 1 heterocycles. The Labute approximate surface area is 123 Å². The fraction of sp³-hybridized carbons (Fsp3) is 0.200. The Morgan fingerprint density at radius 1 is 1.40 bits per heavy atom. The number of aromatic nitrogens is 2. The lowest BCUT2D eigenvalue weighted by Gasteiger charge is -2.10. The van der Waals surface area contributed by atoms with Crippen LogP contribution >= 0.6 is 11.6 Å². The van der Waals surface area contributed by atoms with Crippen molar-refractivity contribution in [1.82, 2.24) is 9.78 Å². The predicted molar refractivity (Wildman–Crippen MR) is 81.8 cm³/mol. The van der Waals surface area contributed by atoms with Crippen molar-refractivity contribution >= 4 is 29.3 Å². The lowest BCUT2D eigenvalue weighted by Crippen LogP contribution is -2.10. The maximum absolute atomic E-state index is 11.9. The summed E-state index contributed by atoms with van der Waals surface area (Å²) >= 11 is 6.15. The minimum Gasteiger partial charge on any atom is -0.321 e. The molecule has 20 heavy (non-hydrogen) atoms. The molecule has 0 atom stereocenters. The van der Waals surface area contributed by atoms with Gasteiger partial charge in [0.25, 0.3) is 0 Å². The normalized spacial score (nSPS) is 11.0. The van der Waals surface area contributed by atoms with Crippen LogP contribution in [0.1, 0.15) is 16.8 Å². The van der Waals surface area contributed by atoms with Gasteiger partial charge in [0, 0.05) is 19.3 Å². The summed E-state index contributed by atoms with van der Waals surface area (Å²) in [5.74, 6) is -0.222. The number of nitrogens with one attached hydrogen (secondary N) is 1. The first-order valence-electron chi connectivity index (χ1n) is 6.21. The minimum absolute atomic E-state index is 0.222. The van der Waals surface area contributed by atoms with E-state index in [0.29, 0.717) is 10.7 Å². The third-order valence-corrected chi connectivity index (χ3v) is 3.24. The molecule has 1 aromatic carbocycles. The van der Waals surface area contributed by atoms with Gasteiger partial charge in [0.1, 0.15) is 0 Å². The number of aryl methyl sites for hydroxylation is 3. The van der Waals surface area contributed by atoms with Crippen molar-refractivity contribution in [1.29, 1.82) is 0 Å². The Morgan fingerprint density at radius 2 is 2.15 bits per heavy atom.